The third kappa shape index (κ3) is 4.52. The molecule has 1 aliphatic rings. The molecule has 2 heterocycles. The summed E-state index contributed by atoms with van der Waals surface area (Å²) >= 11 is 0. The topological polar surface area (TPSA) is 142 Å². The summed E-state index contributed by atoms with van der Waals surface area (Å²) < 4.78 is 21.7. The van der Waals surface area contributed by atoms with Gasteiger partial charge < -0.3 is 16.0 Å². The predicted octanol–water partition coefficient (Wildman–Crippen LogP) is 4.02. The van der Waals surface area contributed by atoms with E-state index in [4.69, 9.17) is 16.0 Å². The quantitative estimate of drug-likeness (QED) is 0.478. The Kier molecular flexibility index (Phi) is 5.93. The predicted molar refractivity (Wildman–Crippen MR) is 126 cm³/mol. The maximum atomic E-state index is 15.0. The van der Waals surface area contributed by atoms with Crippen molar-refractivity contribution in [2.24, 2.45) is 11.1 Å². The lowest BCUT2D eigenvalue weighted by atomic mass is 9.63. The fourth-order valence-corrected chi connectivity index (χ4v) is 4.52. The maximum absolute atomic E-state index is 15.0. The van der Waals surface area contributed by atoms with Gasteiger partial charge >= 0.3 is 0 Å². The van der Waals surface area contributed by atoms with E-state index in [9.17, 15) is 14.0 Å². The number of hydrogen-bond acceptors (Lipinski definition) is 6. The van der Waals surface area contributed by atoms with E-state index in [0.717, 1.165) is 18.5 Å². The van der Waals surface area contributed by atoms with E-state index in [2.05, 4.69) is 29.4 Å². The Morgan fingerprint density at radius 2 is 2.00 bits per heavy atom. The van der Waals surface area contributed by atoms with E-state index in [1.807, 2.05) is 13.8 Å². The number of nitrogens with two attached hydrogens (primary N) is 2. The van der Waals surface area contributed by atoms with E-state index in [1.165, 1.54) is 16.8 Å². The highest BCUT2D eigenvalue weighted by Crippen LogP contribution is 2.50. The number of nitrogen functional groups attached to an aromatic ring is 1. The molecule has 34 heavy (non-hydrogen) atoms. The molecule has 0 radical (unpaired) electrons. The van der Waals surface area contributed by atoms with Crippen LogP contribution in [0.2, 0.25) is 0 Å². The normalized spacial score (nSPS) is 15.4. The van der Waals surface area contributed by atoms with Crippen LogP contribution in [0, 0.1) is 11.2 Å². The van der Waals surface area contributed by atoms with Gasteiger partial charge in [0.05, 0.1) is 12.1 Å². The van der Waals surface area contributed by atoms with E-state index < -0.39 is 11.7 Å². The Morgan fingerprint density at radius 1 is 1.29 bits per heavy atom. The van der Waals surface area contributed by atoms with Crippen molar-refractivity contribution < 1.29 is 18.5 Å². The summed E-state index contributed by atoms with van der Waals surface area (Å²) in [7, 11) is 0. The van der Waals surface area contributed by atoms with E-state index >= 15 is 0 Å². The standard InChI is InChI=1S/C24H29FN6O3/c1-12(2)31-22(26)20(23(27)33)21(29-31)15-6-5-13(7-16(15)25)8-18(32)28-19-9-17(30-34-19)14-10-24(3,4)11-14/h5-7,9,12,14H,8,10-11,26H2,1-4H3,(H2,27,33)(H,28,32). The van der Waals surface area contributed by atoms with Crippen LogP contribution in [-0.4, -0.2) is 26.8 Å². The second-order valence-corrected chi connectivity index (χ2v) is 9.94. The molecule has 0 spiro atoms. The molecule has 2 aromatic heterocycles. The molecular weight excluding hydrogens is 439 g/mol. The lowest BCUT2D eigenvalue weighted by molar-refractivity contribution is -0.115. The molecule has 9 nitrogen and oxygen atoms in total. The minimum Gasteiger partial charge on any atom is -0.383 e. The zero-order valence-corrected chi connectivity index (χ0v) is 19.7. The van der Waals surface area contributed by atoms with Crippen LogP contribution in [0.15, 0.2) is 28.8 Å². The molecule has 1 aromatic carbocycles. The van der Waals surface area contributed by atoms with Gasteiger partial charge in [-0.25, -0.2) is 9.07 Å². The van der Waals surface area contributed by atoms with Crippen molar-refractivity contribution in [3.8, 4) is 11.3 Å². The van der Waals surface area contributed by atoms with Gasteiger partial charge in [-0.1, -0.05) is 25.1 Å². The Bertz CT molecular complexity index is 1250. The number of nitrogens with zero attached hydrogens (tertiary/aromatic N) is 3. The van der Waals surface area contributed by atoms with Gasteiger partial charge in [0.25, 0.3) is 5.91 Å². The highest BCUT2D eigenvalue weighted by atomic mass is 19.1. The molecule has 1 saturated carbocycles. The van der Waals surface area contributed by atoms with E-state index in [1.54, 1.807) is 12.1 Å². The fraction of sp³-hybridized carbons (Fsp3) is 0.417. The number of benzene rings is 1. The number of carbonyl (C=O) groups is 2. The van der Waals surface area contributed by atoms with Crippen molar-refractivity contribution in [1.29, 1.82) is 0 Å². The highest BCUT2D eigenvalue weighted by Gasteiger charge is 2.38. The van der Waals surface area contributed by atoms with Crippen LogP contribution in [0.3, 0.4) is 0 Å². The second-order valence-electron chi connectivity index (χ2n) is 9.94. The van der Waals surface area contributed by atoms with Crippen LogP contribution in [0.25, 0.3) is 11.3 Å². The van der Waals surface area contributed by atoms with Crippen LogP contribution in [0.5, 0.6) is 0 Å². The molecule has 4 rings (SSSR count). The third-order valence-corrected chi connectivity index (χ3v) is 6.14. The van der Waals surface area contributed by atoms with Gasteiger partial charge in [0.1, 0.15) is 22.9 Å². The van der Waals surface area contributed by atoms with Crippen LogP contribution in [0.4, 0.5) is 16.1 Å². The van der Waals surface area contributed by atoms with Crippen molar-refractivity contribution in [1.82, 2.24) is 14.9 Å². The third-order valence-electron chi connectivity index (χ3n) is 6.14. The number of nitrogens with one attached hydrogen (secondary N) is 1. The maximum Gasteiger partial charge on any atom is 0.254 e. The van der Waals surface area contributed by atoms with Gasteiger partial charge in [-0.05, 0) is 49.8 Å². The molecule has 0 bridgehead atoms. The number of amides is 2. The van der Waals surface area contributed by atoms with E-state index in [-0.39, 0.29) is 46.9 Å². The SMILES string of the molecule is CC(C)n1nc(-c2ccc(CC(=O)Nc3cc(C4CC(C)(C)C4)no3)cc2F)c(C(N)=O)c1N. The molecule has 1 fully saturated rings. The molecule has 1 aliphatic carbocycles. The van der Waals surface area contributed by atoms with Gasteiger partial charge in [-0.2, -0.15) is 5.10 Å². The smallest absolute Gasteiger partial charge is 0.254 e. The molecule has 0 aliphatic heterocycles. The second kappa shape index (κ2) is 8.58. The number of anilines is 2. The van der Waals surface area contributed by atoms with Crippen LogP contribution in [-0.2, 0) is 11.2 Å². The van der Waals surface area contributed by atoms with E-state index in [0.29, 0.717) is 16.9 Å². The van der Waals surface area contributed by atoms with Gasteiger partial charge in [-0.3, -0.25) is 14.9 Å². The summed E-state index contributed by atoms with van der Waals surface area (Å²) in [6.07, 6.45) is 1.98. The molecule has 180 valence electrons. The minimum absolute atomic E-state index is 0.0333. The summed E-state index contributed by atoms with van der Waals surface area (Å²) in [5, 5.41) is 11.0. The van der Waals surface area contributed by atoms with Crippen LogP contribution >= 0.6 is 0 Å². The minimum atomic E-state index is -0.792. The Hall–Kier alpha value is -3.69. The monoisotopic (exact) mass is 468 g/mol. The molecule has 3 aromatic rings. The molecular formula is C24H29FN6O3. The summed E-state index contributed by atoms with van der Waals surface area (Å²) in [6.45, 7) is 8.08. The molecule has 0 atom stereocenters. The van der Waals surface area contributed by atoms with Crippen molar-refractivity contribution in [3.05, 3.63) is 46.9 Å². The van der Waals surface area contributed by atoms with Crippen molar-refractivity contribution >= 4 is 23.5 Å². The summed E-state index contributed by atoms with van der Waals surface area (Å²) in [5.41, 5.74) is 13.2. The average molecular weight is 469 g/mol. The largest absolute Gasteiger partial charge is 0.383 e. The number of halogens is 1. The molecule has 0 unspecified atom stereocenters. The lowest BCUT2D eigenvalue weighted by Gasteiger charge is -2.41. The first-order valence-corrected chi connectivity index (χ1v) is 11.2. The Balaban J connectivity index is 1.47. The summed E-state index contributed by atoms with van der Waals surface area (Å²) in [4.78, 5) is 24.4. The zero-order valence-electron chi connectivity index (χ0n) is 19.7. The van der Waals surface area contributed by atoms with Crippen molar-refractivity contribution in [3.63, 3.8) is 0 Å². The van der Waals surface area contributed by atoms with Crippen molar-refractivity contribution in [2.75, 3.05) is 11.1 Å². The van der Waals surface area contributed by atoms with Crippen LogP contribution < -0.4 is 16.8 Å². The highest BCUT2D eigenvalue weighted by molar-refractivity contribution is 6.03. The number of aromatic nitrogens is 3. The number of primary amides is 1. The van der Waals surface area contributed by atoms with Gasteiger partial charge in [0, 0.05) is 23.6 Å². The Morgan fingerprint density at radius 3 is 2.59 bits per heavy atom. The fourth-order valence-electron chi connectivity index (χ4n) is 4.52. The molecule has 0 saturated heterocycles. The van der Waals surface area contributed by atoms with Crippen molar-refractivity contribution in [2.45, 2.75) is 58.9 Å². The zero-order chi connectivity index (χ0) is 24.8. The average Bonchev–Trinajstić information content (AvgIpc) is 3.30. The summed E-state index contributed by atoms with van der Waals surface area (Å²) in [5.74, 6) is -1.12. The first kappa shape index (κ1) is 23.5. The summed E-state index contributed by atoms with van der Waals surface area (Å²) in [6, 6.07) is 5.87. The molecule has 2 amide bonds. The molecule has 10 heteroatoms. The number of rotatable bonds is 7. The van der Waals surface area contributed by atoms with Gasteiger partial charge in [-0.15, -0.1) is 0 Å². The van der Waals surface area contributed by atoms with Gasteiger partial charge in [0.15, 0.2) is 0 Å². The van der Waals surface area contributed by atoms with Gasteiger partial charge in [0.2, 0.25) is 11.8 Å². The number of carbonyl (C=O) groups excluding carboxylic acids is 2. The first-order chi connectivity index (χ1) is 15.9. The lowest BCUT2D eigenvalue weighted by Crippen LogP contribution is -2.29. The Labute approximate surface area is 196 Å². The number of hydrogen-bond donors (Lipinski definition) is 3. The molecule has 5 N–H and O–H groups in total. The first-order valence-electron chi connectivity index (χ1n) is 11.2. The van der Waals surface area contributed by atoms with Crippen LogP contribution in [0.1, 0.15) is 74.1 Å².